The summed E-state index contributed by atoms with van der Waals surface area (Å²) >= 11 is 0. The molecule has 0 fully saturated rings. The van der Waals surface area contributed by atoms with E-state index in [0.717, 1.165) is 32.0 Å². The van der Waals surface area contributed by atoms with Crippen molar-refractivity contribution in [3.63, 3.8) is 0 Å². The highest BCUT2D eigenvalue weighted by Gasteiger charge is 2.06. The Hall–Kier alpha value is -1.68. The number of hydrogen-bond acceptors (Lipinski definition) is 4. The van der Waals surface area contributed by atoms with Crippen LogP contribution < -0.4 is 0 Å². The van der Waals surface area contributed by atoms with E-state index in [1.807, 2.05) is 0 Å². The zero-order valence-corrected chi connectivity index (χ0v) is 10.3. The first-order chi connectivity index (χ1) is 8.77. The molecule has 0 heterocycles. The number of aldehydes is 1. The van der Waals surface area contributed by atoms with Crippen molar-refractivity contribution in [2.45, 2.75) is 25.7 Å². The summed E-state index contributed by atoms with van der Waals surface area (Å²) in [5.74, 6) is -0.366. The van der Waals surface area contributed by atoms with Gasteiger partial charge in [-0.1, -0.05) is 18.6 Å². The minimum Gasteiger partial charge on any atom is -0.462 e. The summed E-state index contributed by atoms with van der Waals surface area (Å²) in [5.41, 5.74) is 0.992. The Morgan fingerprint density at radius 3 is 2.39 bits per heavy atom. The third-order valence-corrected chi connectivity index (χ3v) is 2.57. The Morgan fingerprint density at radius 2 is 1.78 bits per heavy atom. The second-order valence-electron chi connectivity index (χ2n) is 4.01. The minimum absolute atomic E-state index is 0.211. The number of aliphatic hydroxyl groups excluding tert-OH is 1. The number of ether oxygens (including phenoxy) is 1. The fourth-order valence-corrected chi connectivity index (χ4v) is 1.51. The predicted molar refractivity (Wildman–Crippen MR) is 67.7 cm³/mol. The summed E-state index contributed by atoms with van der Waals surface area (Å²) in [7, 11) is 0. The molecule has 1 aromatic carbocycles. The highest BCUT2D eigenvalue weighted by Crippen LogP contribution is 2.06. The van der Waals surface area contributed by atoms with Gasteiger partial charge in [-0.05, 0) is 31.4 Å². The van der Waals surface area contributed by atoms with E-state index in [4.69, 9.17) is 9.84 Å². The van der Waals surface area contributed by atoms with Gasteiger partial charge in [0.25, 0.3) is 0 Å². The third-order valence-electron chi connectivity index (χ3n) is 2.57. The van der Waals surface area contributed by atoms with Gasteiger partial charge in [0, 0.05) is 12.2 Å². The number of rotatable bonds is 8. The Kier molecular flexibility index (Phi) is 6.72. The monoisotopic (exact) mass is 250 g/mol. The number of carbonyl (C=O) groups excluding carboxylic acids is 2. The van der Waals surface area contributed by atoms with Crippen LogP contribution in [0.25, 0.3) is 0 Å². The molecule has 0 saturated carbocycles. The van der Waals surface area contributed by atoms with Crippen molar-refractivity contribution in [2.75, 3.05) is 13.2 Å². The van der Waals surface area contributed by atoms with E-state index in [1.165, 1.54) is 0 Å². The summed E-state index contributed by atoms with van der Waals surface area (Å²) < 4.78 is 5.09. The Balaban J connectivity index is 2.25. The van der Waals surface area contributed by atoms with Crippen LogP contribution in [0, 0.1) is 0 Å². The molecule has 0 atom stereocenters. The second-order valence-corrected chi connectivity index (χ2v) is 4.01. The Morgan fingerprint density at radius 1 is 1.11 bits per heavy atom. The second kappa shape index (κ2) is 8.42. The Bertz CT molecular complexity index is 370. The summed E-state index contributed by atoms with van der Waals surface area (Å²) in [4.78, 5) is 22.0. The van der Waals surface area contributed by atoms with Crippen LogP contribution in [0.2, 0.25) is 0 Å². The molecule has 0 aliphatic carbocycles. The SMILES string of the molecule is O=Cc1ccc(C(=O)OCCCCCCO)cc1. The van der Waals surface area contributed by atoms with Crippen LogP contribution in [0.1, 0.15) is 46.4 Å². The molecule has 0 aromatic heterocycles. The first-order valence-electron chi connectivity index (χ1n) is 6.11. The molecule has 1 rings (SSSR count). The van der Waals surface area contributed by atoms with Gasteiger partial charge in [0.2, 0.25) is 0 Å². The molecule has 4 heteroatoms. The van der Waals surface area contributed by atoms with Crippen LogP contribution >= 0.6 is 0 Å². The zero-order chi connectivity index (χ0) is 13.2. The van der Waals surface area contributed by atoms with E-state index in [2.05, 4.69) is 0 Å². The van der Waals surface area contributed by atoms with Gasteiger partial charge in [-0.25, -0.2) is 4.79 Å². The predicted octanol–water partition coefficient (Wildman–Crippen LogP) is 2.21. The fourth-order valence-electron chi connectivity index (χ4n) is 1.51. The fraction of sp³-hybridized carbons (Fsp3) is 0.429. The van der Waals surface area contributed by atoms with Gasteiger partial charge in [-0.15, -0.1) is 0 Å². The van der Waals surface area contributed by atoms with Gasteiger partial charge in [-0.3, -0.25) is 4.79 Å². The molecule has 0 saturated heterocycles. The lowest BCUT2D eigenvalue weighted by Gasteiger charge is -2.04. The summed E-state index contributed by atoms with van der Waals surface area (Å²) in [5, 5.41) is 8.59. The standard InChI is InChI=1S/C14H18O4/c15-9-3-1-2-4-10-18-14(17)13-7-5-12(11-16)6-8-13/h5-8,11,15H,1-4,9-10H2. The van der Waals surface area contributed by atoms with Crippen molar-refractivity contribution >= 4 is 12.3 Å². The van der Waals surface area contributed by atoms with Gasteiger partial charge in [0.05, 0.1) is 12.2 Å². The molecule has 0 bridgehead atoms. The number of aliphatic hydroxyl groups is 1. The number of unbranched alkanes of at least 4 members (excludes halogenated alkanes) is 3. The molecule has 4 nitrogen and oxygen atoms in total. The molecule has 0 spiro atoms. The number of esters is 1. The van der Waals surface area contributed by atoms with Crippen molar-refractivity contribution in [1.29, 1.82) is 0 Å². The van der Waals surface area contributed by atoms with E-state index >= 15 is 0 Å². The lowest BCUT2D eigenvalue weighted by atomic mass is 10.1. The highest BCUT2D eigenvalue weighted by atomic mass is 16.5. The molecule has 0 aliphatic heterocycles. The van der Waals surface area contributed by atoms with Crippen LogP contribution in [-0.4, -0.2) is 30.6 Å². The average Bonchev–Trinajstić information content (AvgIpc) is 2.42. The summed E-state index contributed by atoms with van der Waals surface area (Å²) in [6, 6.07) is 6.34. The zero-order valence-electron chi connectivity index (χ0n) is 10.3. The van der Waals surface area contributed by atoms with Crippen LogP contribution in [-0.2, 0) is 4.74 Å². The molecule has 0 unspecified atom stereocenters. The lowest BCUT2D eigenvalue weighted by Crippen LogP contribution is -2.06. The van der Waals surface area contributed by atoms with E-state index < -0.39 is 0 Å². The van der Waals surface area contributed by atoms with Gasteiger partial charge >= 0.3 is 5.97 Å². The quantitative estimate of drug-likeness (QED) is 0.436. The lowest BCUT2D eigenvalue weighted by molar-refractivity contribution is 0.0497. The number of carbonyl (C=O) groups is 2. The van der Waals surface area contributed by atoms with Gasteiger partial charge in [0.15, 0.2) is 0 Å². The summed E-state index contributed by atoms with van der Waals surface area (Å²) in [6.45, 7) is 0.600. The van der Waals surface area contributed by atoms with Crippen molar-refractivity contribution in [1.82, 2.24) is 0 Å². The molecule has 0 radical (unpaired) electrons. The van der Waals surface area contributed by atoms with Gasteiger partial charge in [0.1, 0.15) is 6.29 Å². The van der Waals surface area contributed by atoms with Crippen molar-refractivity contribution in [3.8, 4) is 0 Å². The van der Waals surface area contributed by atoms with E-state index in [0.29, 0.717) is 17.7 Å². The summed E-state index contributed by atoms with van der Waals surface area (Å²) in [6.07, 6.45) is 4.22. The molecule has 1 aromatic rings. The van der Waals surface area contributed by atoms with Gasteiger partial charge in [-0.2, -0.15) is 0 Å². The minimum atomic E-state index is -0.366. The van der Waals surface area contributed by atoms with Crippen molar-refractivity contribution in [3.05, 3.63) is 35.4 Å². The third kappa shape index (κ3) is 5.10. The molecule has 98 valence electrons. The largest absolute Gasteiger partial charge is 0.462 e. The highest BCUT2D eigenvalue weighted by molar-refractivity contribution is 5.90. The van der Waals surface area contributed by atoms with E-state index in [1.54, 1.807) is 24.3 Å². The first-order valence-corrected chi connectivity index (χ1v) is 6.11. The van der Waals surface area contributed by atoms with E-state index in [9.17, 15) is 9.59 Å². The number of hydrogen-bond donors (Lipinski definition) is 1. The molecule has 1 N–H and O–H groups in total. The number of benzene rings is 1. The smallest absolute Gasteiger partial charge is 0.338 e. The normalized spacial score (nSPS) is 10.1. The molecule has 0 aliphatic rings. The van der Waals surface area contributed by atoms with Gasteiger partial charge < -0.3 is 9.84 Å². The topological polar surface area (TPSA) is 63.6 Å². The van der Waals surface area contributed by atoms with Crippen LogP contribution in [0.4, 0.5) is 0 Å². The molecular weight excluding hydrogens is 232 g/mol. The maximum absolute atomic E-state index is 11.6. The molecular formula is C14H18O4. The van der Waals surface area contributed by atoms with E-state index in [-0.39, 0.29) is 12.6 Å². The van der Waals surface area contributed by atoms with Crippen LogP contribution in [0.3, 0.4) is 0 Å². The average molecular weight is 250 g/mol. The maximum Gasteiger partial charge on any atom is 0.338 e. The molecule has 0 amide bonds. The van der Waals surface area contributed by atoms with Crippen LogP contribution in [0.15, 0.2) is 24.3 Å². The van der Waals surface area contributed by atoms with Crippen molar-refractivity contribution in [2.24, 2.45) is 0 Å². The van der Waals surface area contributed by atoms with Crippen molar-refractivity contribution < 1.29 is 19.4 Å². The molecule has 18 heavy (non-hydrogen) atoms. The first kappa shape index (κ1) is 14.4. The maximum atomic E-state index is 11.6. The Labute approximate surface area is 107 Å². The van der Waals surface area contributed by atoms with Crippen LogP contribution in [0.5, 0.6) is 0 Å².